The zero-order valence-corrected chi connectivity index (χ0v) is 11.5. The van der Waals surface area contributed by atoms with Gasteiger partial charge < -0.3 is 15.3 Å². The van der Waals surface area contributed by atoms with E-state index in [1.807, 2.05) is 35.3 Å². The molecule has 1 aromatic carbocycles. The minimum atomic E-state index is -0.186. The summed E-state index contributed by atoms with van der Waals surface area (Å²) in [7, 11) is 0. The second kappa shape index (κ2) is 4.88. The first-order valence-corrected chi connectivity index (χ1v) is 6.66. The molecule has 6 heteroatoms. The van der Waals surface area contributed by atoms with Gasteiger partial charge in [-0.15, -0.1) is 0 Å². The predicted molar refractivity (Wildman–Crippen MR) is 78.9 cm³/mol. The van der Waals surface area contributed by atoms with Gasteiger partial charge in [0.2, 0.25) is 0 Å². The third-order valence-corrected chi connectivity index (χ3v) is 3.38. The molecule has 0 aliphatic carbocycles. The minimum absolute atomic E-state index is 0.151. The molecule has 3 N–H and O–H groups in total. The van der Waals surface area contributed by atoms with Gasteiger partial charge in [0.05, 0.1) is 23.3 Å². The normalized spacial score (nSPS) is 12.7. The molecular weight excluding hydrogens is 254 g/mol. The molecule has 20 heavy (non-hydrogen) atoms. The van der Waals surface area contributed by atoms with Gasteiger partial charge in [-0.25, -0.2) is 4.79 Å². The van der Waals surface area contributed by atoms with Gasteiger partial charge in [-0.05, 0) is 32.0 Å². The van der Waals surface area contributed by atoms with Crippen molar-refractivity contribution in [2.24, 2.45) is 0 Å². The lowest BCUT2D eigenvalue weighted by Gasteiger charge is -2.13. The van der Waals surface area contributed by atoms with Crippen LogP contribution in [-0.4, -0.2) is 19.7 Å². The first kappa shape index (κ1) is 12.5. The van der Waals surface area contributed by atoms with Crippen LogP contribution in [-0.2, 0) is 6.54 Å². The van der Waals surface area contributed by atoms with Crippen LogP contribution >= 0.6 is 0 Å². The lowest BCUT2D eigenvalue weighted by molar-refractivity contribution is 0.658. The SMILES string of the molecule is CCn1cc(C(C)Nc2ccc3[nH]c(=O)[nH]c3c2)cn1. The molecule has 0 aliphatic rings. The Morgan fingerprint density at radius 1 is 1.35 bits per heavy atom. The zero-order chi connectivity index (χ0) is 14.1. The van der Waals surface area contributed by atoms with E-state index in [0.717, 1.165) is 28.8 Å². The summed E-state index contributed by atoms with van der Waals surface area (Å²) in [6, 6.07) is 5.91. The molecule has 3 aromatic rings. The number of aromatic amines is 2. The van der Waals surface area contributed by atoms with Crippen LogP contribution in [0.15, 0.2) is 35.4 Å². The van der Waals surface area contributed by atoms with Gasteiger partial charge in [0.15, 0.2) is 0 Å². The lowest BCUT2D eigenvalue weighted by atomic mass is 10.1. The minimum Gasteiger partial charge on any atom is -0.378 e. The molecule has 1 unspecified atom stereocenters. The number of benzene rings is 1. The number of nitrogens with one attached hydrogen (secondary N) is 3. The lowest BCUT2D eigenvalue weighted by Crippen LogP contribution is -2.05. The number of aromatic nitrogens is 4. The highest BCUT2D eigenvalue weighted by Gasteiger charge is 2.08. The second-order valence-electron chi connectivity index (χ2n) is 4.83. The Hall–Kier alpha value is -2.50. The van der Waals surface area contributed by atoms with Gasteiger partial charge in [-0.3, -0.25) is 4.68 Å². The van der Waals surface area contributed by atoms with Crippen molar-refractivity contribution in [1.82, 2.24) is 19.7 Å². The molecule has 0 fully saturated rings. The Morgan fingerprint density at radius 3 is 2.90 bits per heavy atom. The van der Waals surface area contributed by atoms with E-state index in [2.05, 4.69) is 34.2 Å². The number of nitrogens with zero attached hydrogens (tertiary/aromatic N) is 2. The van der Waals surface area contributed by atoms with E-state index in [4.69, 9.17) is 0 Å². The Kier molecular flexibility index (Phi) is 3.06. The number of rotatable bonds is 4. The first-order valence-electron chi connectivity index (χ1n) is 6.66. The first-order chi connectivity index (χ1) is 9.65. The van der Waals surface area contributed by atoms with Crippen LogP contribution in [0.25, 0.3) is 11.0 Å². The number of hydrogen-bond donors (Lipinski definition) is 3. The number of hydrogen-bond acceptors (Lipinski definition) is 3. The highest BCUT2D eigenvalue weighted by Crippen LogP contribution is 2.21. The summed E-state index contributed by atoms with van der Waals surface area (Å²) in [6.07, 6.45) is 3.91. The van der Waals surface area contributed by atoms with Crippen LogP contribution < -0.4 is 11.0 Å². The van der Waals surface area contributed by atoms with E-state index >= 15 is 0 Å². The number of fused-ring (bicyclic) bond motifs is 1. The molecule has 0 saturated heterocycles. The Morgan fingerprint density at radius 2 is 2.15 bits per heavy atom. The monoisotopic (exact) mass is 271 g/mol. The van der Waals surface area contributed by atoms with Crippen molar-refractivity contribution in [3.05, 3.63) is 46.6 Å². The second-order valence-corrected chi connectivity index (χ2v) is 4.83. The topological polar surface area (TPSA) is 78.5 Å². The highest BCUT2D eigenvalue weighted by molar-refractivity contribution is 5.78. The van der Waals surface area contributed by atoms with Crippen molar-refractivity contribution in [2.45, 2.75) is 26.4 Å². The summed E-state index contributed by atoms with van der Waals surface area (Å²) in [5.74, 6) is 0. The summed E-state index contributed by atoms with van der Waals surface area (Å²) >= 11 is 0. The van der Waals surface area contributed by atoms with Gasteiger partial charge in [-0.2, -0.15) is 5.10 Å². The molecule has 0 amide bonds. The van der Waals surface area contributed by atoms with Crippen LogP contribution in [0.5, 0.6) is 0 Å². The fourth-order valence-corrected chi connectivity index (χ4v) is 2.23. The maximum Gasteiger partial charge on any atom is 0.323 e. The van der Waals surface area contributed by atoms with Crippen molar-refractivity contribution in [3.63, 3.8) is 0 Å². The fraction of sp³-hybridized carbons (Fsp3) is 0.286. The van der Waals surface area contributed by atoms with E-state index < -0.39 is 0 Å². The molecule has 0 spiro atoms. The standard InChI is InChI=1S/C14H17N5O/c1-3-19-8-10(7-15-19)9(2)16-11-4-5-12-13(6-11)18-14(20)17-12/h4-9,16H,3H2,1-2H3,(H2,17,18,20). The molecule has 2 heterocycles. The number of H-pyrrole nitrogens is 2. The van der Waals surface area contributed by atoms with Crippen LogP contribution in [0.4, 0.5) is 5.69 Å². The maximum atomic E-state index is 11.2. The van der Waals surface area contributed by atoms with Gasteiger partial charge >= 0.3 is 5.69 Å². The number of anilines is 1. The van der Waals surface area contributed by atoms with Crippen LogP contribution in [0.3, 0.4) is 0 Å². The van der Waals surface area contributed by atoms with Crippen LogP contribution in [0, 0.1) is 0 Å². The third-order valence-electron chi connectivity index (χ3n) is 3.38. The molecule has 0 aliphatic heterocycles. The summed E-state index contributed by atoms with van der Waals surface area (Å²) < 4.78 is 1.90. The maximum absolute atomic E-state index is 11.2. The molecule has 6 nitrogen and oxygen atoms in total. The van der Waals surface area contributed by atoms with Crippen molar-refractivity contribution in [3.8, 4) is 0 Å². The zero-order valence-electron chi connectivity index (χ0n) is 11.5. The third kappa shape index (κ3) is 2.32. The summed E-state index contributed by atoms with van der Waals surface area (Å²) in [5, 5.41) is 7.68. The van der Waals surface area contributed by atoms with Gasteiger partial charge in [0.1, 0.15) is 0 Å². The molecular formula is C14H17N5O. The smallest absolute Gasteiger partial charge is 0.323 e. The molecule has 2 aromatic heterocycles. The van der Waals surface area contributed by atoms with E-state index in [-0.39, 0.29) is 11.7 Å². The quantitative estimate of drug-likeness (QED) is 0.681. The van der Waals surface area contributed by atoms with Crippen molar-refractivity contribution in [1.29, 1.82) is 0 Å². The molecule has 0 bridgehead atoms. The fourth-order valence-electron chi connectivity index (χ4n) is 2.23. The number of imidazole rings is 1. The molecule has 3 rings (SSSR count). The van der Waals surface area contributed by atoms with E-state index in [0.29, 0.717) is 0 Å². The number of aryl methyl sites for hydroxylation is 1. The molecule has 1 atom stereocenters. The largest absolute Gasteiger partial charge is 0.378 e. The van der Waals surface area contributed by atoms with Gasteiger partial charge in [0, 0.05) is 24.0 Å². The predicted octanol–water partition coefficient (Wildman–Crippen LogP) is 2.25. The Labute approximate surface area is 115 Å². The average Bonchev–Trinajstić information content (AvgIpc) is 3.03. The van der Waals surface area contributed by atoms with Gasteiger partial charge in [-0.1, -0.05) is 0 Å². The van der Waals surface area contributed by atoms with E-state index in [1.165, 1.54) is 0 Å². The van der Waals surface area contributed by atoms with Gasteiger partial charge in [0.25, 0.3) is 0 Å². The highest BCUT2D eigenvalue weighted by atomic mass is 16.1. The molecule has 0 radical (unpaired) electrons. The van der Waals surface area contributed by atoms with Crippen LogP contribution in [0.1, 0.15) is 25.5 Å². The van der Waals surface area contributed by atoms with Crippen molar-refractivity contribution >= 4 is 16.7 Å². The van der Waals surface area contributed by atoms with E-state index in [9.17, 15) is 4.79 Å². The Balaban J connectivity index is 1.82. The van der Waals surface area contributed by atoms with Crippen LogP contribution in [0.2, 0.25) is 0 Å². The van der Waals surface area contributed by atoms with E-state index in [1.54, 1.807) is 0 Å². The van der Waals surface area contributed by atoms with Crippen molar-refractivity contribution < 1.29 is 0 Å². The average molecular weight is 271 g/mol. The summed E-state index contributed by atoms with van der Waals surface area (Å²) in [6.45, 7) is 5.01. The molecule has 104 valence electrons. The summed E-state index contributed by atoms with van der Waals surface area (Å²) in [5.41, 5.74) is 3.52. The summed E-state index contributed by atoms with van der Waals surface area (Å²) in [4.78, 5) is 16.7. The Bertz CT molecular complexity index is 782. The van der Waals surface area contributed by atoms with Crippen molar-refractivity contribution in [2.75, 3.05) is 5.32 Å². The molecule has 0 saturated carbocycles.